The monoisotopic (exact) mass is 304 g/mol. The van der Waals surface area contributed by atoms with Crippen LogP contribution in [0.15, 0.2) is 34.1 Å². The second-order valence-electron chi connectivity index (χ2n) is 4.39. The van der Waals surface area contributed by atoms with E-state index in [-0.39, 0.29) is 12.2 Å². The average Bonchev–Trinajstić information content (AvgIpc) is 2.47. The van der Waals surface area contributed by atoms with Gasteiger partial charge < -0.3 is 9.72 Å². The van der Waals surface area contributed by atoms with Crippen LogP contribution in [0.25, 0.3) is 11.4 Å². The maximum Gasteiger partial charge on any atom is 0.346 e. The molecule has 0 unspecified atom stereocenters. The van der Waals surface area contributed by atoms with Crippen LogP contribution >= 0.6 is 11.8 Å². The Bertz CT molecular complexity index is 708. The molecule has 0 aliphatic rings. The van der Waals surface area contributed by atoms with E-state index in [4.69, 9.17) is 4.74 Å². The zero-order chi connectivity index (χ0) is 15.4. The van der Waals surface area contributed by atoms with Gasteiger partial charge in [-0.3, -0.25) is 4.79 Å². The van der Waals surface area contributed by atoms with Crippen molar-refractivity contribution in [2.24, 2.45) is 0 Å². The number of nitrogens with zero attached hydrogens (tertiary/aromatic N) is 1. The van der Waals surface area contributed by atoms with E-state index in [2.05, 4.69) is 9.97 Å². The van der Waals surface area contributed by atoms with E-state index in [0.717, 1.165) is 11.1 Å². The van der Waals surface area contributed by atoms with Crippen LogP contribution < -0.4 is 5.56 Å². The lowest BCUT2D eigenvalue weighted by Gasteiger charge is -2.08. The van der Waals surface area contributed by atoms with Gasteiger partial charge in [0.05, 0.1) is 6.61 Å². The van der Waals surface area contributed by atoms with E-state index >= 15 is 0 Å². The zero-order valence-electron chi connectivity index (χ0n) is 12.1. The molecule has 0 aliphatic heterocycles. The number of ether oxygens (including phenoxy) is 1. The highest BCUT2D eigenvalue weighted by molar-refractivity contribution is 7.98. The lowest BCUT2D eigenvalue weighted by molar-refractivity contribution is 0.0519. The number of aryl methyl sites for hydroxylation is 1. The van der Waals surface area contributed by atoms with Crippen molar-refractivity contribution in [2.45, 2.75) is 18.9 Å². The number of carbonyl (C=O) groups excluding carboxylic acids is 1. The average molecular weight is 304 g/mol. The molecule has 2 aromatic rings. The predicted octanol–water partition coefficient (Wildman–Crippen LogP) is 2.64. The minimum Gasteiger partial charge on any atom is -0.462 e. The molecule has 2 rings (SSSR count). The number of hydrogen-bond donors (Lipinski definition) is 1. The molecule has 0 fully saturated rings. The molecule has 5 nitrogen and oxygen atoms in total. The summed E-state index contributed by atoms with van der Waals surface area (Å²) in [5.74, 6) is -0.205. The van der Waals surface area contributed by atoms with Gasteiger partial charge in [0.1, 0.15) is 10.9 Å². The third-order valence-electron chi connectivity index (χ3n) is 2.88. The second kappa shape index (κ2) is 6.58. The Kier molecular flexibility index (Phi) is 4.80. The van der Waals surface area contributed by atoms with Crippen molar-refractivity contribution in [3.05, 3.63) is 45.7 Å². The molecule has 1 heterocycles. The molecular weight excluding hydrogens is 288 g/mol. The van der Waals surface area contributed by atoms with Crippen molar-refractivity contribution in [2.75, 3.05) is 12.9 Å². The number of thioether (sulfide) groups is 1. The summed E-state index contributed by atoms with van der Waals surface area (Å²) >= 11 is 1.24. The second-order valence-corrected chi connectivity index (χ2v) is 5.18. The molecule has 0 saturated carbocycles. The number of nitrogens with one attached hydrogen (secondary N) is 1. The van der Waals surface area contributed by atoms with Crippen LogP contribution in [-0.4, -0.2) is 28.8 Å². The predicted molar refractivity (Wildman–Crippen MR) is 82.8 cm³/mol. The minimum atomic E-state index is -0.647. The smallest absolute Gasteiger partial charge is 0.346 e. The maximum absolute atomic E-state index is 12.2. The molecule has 0 bridgehead atoms. The van der Waals surface area contributed by atoms with Crippen molar-refractivity contribution < 1.29 is 9.53 Å². The summed E-state index contributed by atoms with van der Waals surface area (Å²) in [6, 6.07) is 7.63. The SMILES string of the molecule is CCOC(=O)c1c(SC)nc(-c2ccc(C)cc2)[nH]c1=O. The van der Waals surface area contributed by atoms with Gasteiger partial charge in [0, 0.05) is 5.56 Å². The van der Waals surface area contributed by atoms with E-state index in [0.29, 0.717) is 10.9 Å². The van der Waals surface area contributed by atoms with Crippen LogP contribution in [0.5, 0.6) is 0 Å². The summed E-state index contributed by atoms with van der Waals surface area (Å²) in [4.78, 5) is 31.0. The van der Waals surface area contributed by atoms with E-state index in [1.165, 1.54) is 11.8 Å². The van der Waals surface area contributed by atoms with Gasteiger partial charge in [-0.25, -0.2) is 9.78 Å². The van der Waals surface area contributed by atoms with Crippen molar-refractivity contribution in [3.8, 4) is 11.4 Å². The van der Waals surface area contributed by atoms with Crippen molar-refractivity contribution >= 4 is 17.7 Å². The number of hydrogen-bond acceptors (Lipinski definition) is 5. The number of esters is 1. The largest absolute Gasteiger partial charge is 0.462 e. The summed E-state index contributed by atoms with van der Waals surface area (Å²) in [5.41, 5.74) is 1.39. The Balaban J connectivity index is 2.53. The van der Waals surface area contributed by atoms with E-state index < -0.39 is 11.5 Å². The molecule has 1 aromatic heterocycles. The Hall–Kier alpha value is -2.08. The van der Waals surface area contributed by atoms with Gasteiger partial charge in [0.25, 0.3) is 5.56 Å². The molecule has 0 radical (unpaired) electrons. The summed E-state index contributed by atoms with van der Waals surface area (Å²) in [7, 11) is 0. The molecule has 0 amide bonds. The summed E-state index contributed by atoms with van der Waals surface area (Å²) in [6.45, 7) is 3.89. The van der Waals surface area contributed by atoms with E-state index in [1.54, 1.807) is 13.2 Å². The highest BCUT2D eigenvalue weighted by Crippen LogP contribution is 2.20. The van der Waals surface area contributed by atoms with Gasteiger partial charge in [-0.15, -0.1) is 11.8 Å². The summed E-state index contributed by atoms with van der Waals surface area (Å²) < 4.78 is 4.90. The van der Waals surface area contributed by atoms with Gasteiger partial charge in [-0.05, 0) is 20.1 Å². The Morgan fingerprint density at radius 2 is 2.00 bits per heavy atom. The molecule has 0 aliphatic carbocycles. The molecule has 1 N–H and O–H groups in total. The summed E-state index contributed by atoms with van der Waals surface area (Å²) in [5, 5.41) is 0.368. The molecule has 0 spiro atoms. The molecule has 6 heteroatoms. The standard InChI is InChI=1S/C15H16N2O3S/c1-4-20-15(19)11-13(18)16-12(17-14(11)21-3)10-7-5-9(2)6-8-10/h5-8H,4H2,1-3H3,(H,16,17,18). The number of carbonyl (C=O) groups is 1. The number of aromatic amines is 1. The normalized spacial score (nSPS) is 10.4. The fourth-order valence-corrected chi connectivity index (χ4v) is 2.39. The number of aromatic nitrogens is 2. The Morgan fingerprint density at radius 3 is 2.57 bits per heavy atom. The third-order valence-corrected chi connectivity index (χ3v) is 3.57. The molecule has 0 saturated heterocycles. The highest BCUT2D eigenvalue weighted by Gasteiger charge is 2.20. The molecule has 0 atom stereocenters. The van der Waals surface area contributed by atoms with Crippen molar-refractivity contribution in [1.29, 1.82) is 0 Å². The quantitative estimate of drug-likeness (QED) is 0.534. The molecule has 1 aromatic carbocycles. The van der Waals surface area contributed by atoms with Crippen molar-refractivity contribution in [3.63, 3.8) is 0 Å². The maximum atomic E-state index is 12.2. The van der Waals surface area contributed by atoms with Crippen LogP contribution in [-0.2, 0) is 4.74 Å². The number of H-pyrrole nitrogens is 1. The van der Waals surface area contributed by atoms with Gasteiger partial charge in [0.2, 0.25) is 0 Å². The minimum absolute atomic E-state index is 0.0415. The van der Waals surface area contributed by atoms with E-state index in [9.17, 15) is 9.59 Å². The van der Waals surface area contributed by atoms with E-state index in [1.807, 2.05) is 31.2 Å². The third kappa shape index (κ3) is 3.33. The summed E-state index contributed by atoms with van der Waals surface area (Å²) in [6.07, 6.45) is 1.77. The first kappa shape index (κ1) is 15.3. The zero-order valence-corrected chi connectivity index (χ0v) is 12.9. The first-order valence-corrected chi connectivity index (χ1v) is 7.71. The molecule has 21 heavy (non-hydrogen) atoms. The fraction of sp³-hybridized carbons (Fsp3) is 0.267. The molecular formula is C15H16N2O3S. The topological polar surface area (TPSA) is 72.0 Å². The van der Waals surface area contributed by atoms with Gasteiger partial charge in [0.15, 0.2) is 5.56 Å². The van der Waals surface area contributed by atoms with Crippen LogP contribution in [0, 0.1) is 6.92 Å². The lowest BCUT2D eigenvalue weighted by Crippen LogP contribution is -2.23. The first-order chi connectivity index (χ1) is 10.1. The Morgan fingerprint density at radius 1 is 1.33 bits per heavy atom. The van der Waals surface area contributed by atoms with Gasteiger partial charge in [-0.1, -0.05) is 29.8 Å². The van der Waals surface area contributed by atoms with Gasteiger partial charge >= 0.3 is 5.97 Å². The fourth-order valence-electron chi connectivity index (χ4n) is 1.83. The first-order valence-electron chi connectivity index (χ1n) is 6.49. The lowest BCUT2D eigenvalue weighted by atomic mass is 10.1. The van der Waals surface area contributed by atoms with Crippen molar-refractivity contribution in [1.82, 2.24) is 9.97 Å². The van der Waals surface area contributed by atoms with Crippen LogP contribution in [0.3, 0.4) is 0 Å². The highest BCUT2D eigenvalue weighted by atomic mass is 32.2. The van der Waals surface area contributed by atoms with Crippen LogP contribution in [0.1, 0.15) is 22.8 Å². The molecule has 110 valence electrons. The van der Waals surface area contributed by atoms with Gasteiger partial charge in [-0.2, -0.15) is 0 Å². The number of rotatable bonds is 4. The number of benzene rings is 1. The Labute approximate surface area is 126 Å². The van der Waals surface area contributed by atoms with Crippen LogP contribution in [0.2, 0.25) is 0 Å². The van der Waals surface area contributed by atoms with Crippen LogP contribution in [0.4, 0.5) is 0 Å².